The van der Waals surface area contributed by atoms with E-state index in [4.69, 9.17) is 9.47 Å². The van der Waals surface area contributed by atoms with E-state index in [-0.39, 0.29) is 18.1 Å². The number of carbonyl (C=O) groups is 3. The summed E-state index contributed by atoms with van der Waals surface area (Å²) in [6.07, 6.45) is -0.201. The lowest BCUT2D eigenvalue weighted by Gasteiger charge is -2.09. The Bertz CT molecular complexity index is 604. The number of methoxy groups -OCH3 is 1. The third kappa shape index (κ3) is 7.08. The molecule has 8 heteroatoms. The van der Waals surface area contributed by atoms with Gasteiger partial charge in [-0.25, -0.2) is 9.18 Å². The molecule has 0 atom stereocenters. The van der Waals surface area contributed by atoms with Gasteiger partial charge in [0.05, 0.1) is 13.5 Å². The van der Waals surface area contributed by atoms with Crippen LogP contribution < -0.4 is 15.4 Å². The van der Waals surface area contributed by atoms with Gasteiger partial charge in [-0.1, -0.05) is 19.9 Å². The number of amides is 3. The van der Waals surface area contributed by atoms with Crippen molar-refractivity contribution in [1.29, 1.82) is 0 Å². The molecule has 1 rings (SSSR count). The maximum Gasteiger partial charge on any atom is 0.321 e. The van der Waals surface area contributed by atoms with Crippen LogP contribution in [0.2, 0.25) is 0 Å². The summed E-state index contributed by atoms with van der Waals surface area (Å²) in [4.78, 5) is 34.4. The van der Waals surface area contributed by atoms with Gasteiger partial charge in [-0.05, 0) is 23.6 Å². The second-order valence-electron chi connectivity index (χ2n) is 5.46. The van der Waals surface area contributed by atoms with Gasteiger partial charge < -0.3 is 14.8 Å². The van der Waals surface area contributed by atoms with Crippen molar-refractivity contribution in [3.05, 3.63) is 29.6 Å². The molecule has 0 radical (unpaired) electrons. The Hall–Kier alpha value is -2.64. The second kappa shape index (κ2) is 9.49. The molecule has 0 saturated carbocycles. The van der Waals surface area contributed by atoms with E-state index in [0.717, 1.165) is 6.07 Å². The van der Waals surface area contributed by atoms with Crippen LogP contribution in [0.5, 0.6) is 5.75 Å². The van der Waals surface area contributed by atoms with Crippen molar-refractivity contribution in [3.8, 4) is 5.75 Å². The smallest absolute Gasteiger partial charge is 0.321 e. The van der Waals surface area contributed by atoms with Gasteiger partial charge in [0.2, 0.25) is 0 Å². The minimum atomic E-state index is -0.745. The highest BCUT2D eigenvalue weighted by Crippen LogP contribution is 2.18. The number of hydrogen-bond acceptors (Lipinski definition) is 5. The Balaban J connectivity index is 2.36. The average molecular weight is 340 g/mol. The predicted molar refractivity (Wildman–Crippen MR) is 84.0 cm³/mol. The van der Waals surface area contributed by atoms with E-state index in [2.05, 4.69) is 5.32 Å². The first-order valence-corrected chi connectivity index (χ1v) is 7.37. The molecule has 0 heterocycles. The number of esters is 1. The van der Waals surface area contributed by atoms with E-state index in [1.165, 1.54) is 19.2 Å². The van der Waals surface area contributed by atoms with Crippen LogP contribution in [0.4, 0.5) is 9.18 Å². The predicted octanol–water partition coefficient (Wildman–Crippen LogP) is 1.40. The second-order valence-corrected chi connectivity index (χ2v) is 5.46. The SMILES string of the molecule is COc1ccc(CC(=O)OCC(=O)NC(=O)NCC(C)C)cc1F. The topological polar surface area (TPSA) is 93.7 Å². The van der Waals surface area contributed by atoms with E-state index >= 15 is 0 Å². The standard InChI is InChI=1S/C16H21FN2O5/c1-10(2)8-18-16(22)19-14(20)9-24-15(21)7-11-4-5-13(23-3)12(17)6-11/h4-6,10H,7-9H2,1-3H3,(H2,18,19,20,22). The minimum absolute atomic E-state index is 0.0684. The number of hydrogen-bond donors (Lipinski definition) is 2. The molecule has 0 aliphatic rings. The fraction of sp³-hybridized carbons (Fsp3) is 0.438. The Morgan fingerprint density at radius 3 is 2.54 bits per heavy atom. The molecule has 0 aromatic heterocycles. The van der Waals surface area contributed by atoms with Crippen molar-refractivity contribution in [2.75, 3.05) is 20.3 Å². The number of ether oxygens (including phenoxy) is 2. The van der Waals surface area contributed by atoms with Crippen molar-refractivity contribution < 1.29 is 28.2 Å². The van der Waals surface area contributed by atoms with Gasteiger partial charge in [0.15, 0.2) is 18.2 Å². The highest BCUT2D eigenvalue weighted by Gasteiger charge is 2.12. The van der Waals surface area contributed by atoms with Crippen molar-refractivity contribution >= 4 is 17.9 Å². The Labute approximate surface area is 139 Å². The van der Waals surface area contributed by atoms with Gasteiger partial charge in [-0.15, -0.1) is 0 Å². The van der Waals surface area contributed by atoms with Gasteiger partial charge in [0, 0.05) is 6.54 Å². The molecule has 3 amide bonds. The fourth-order valence-electron chi connectivity index (χ4n) is 1.69. The fourth-order valence-corrected chi connectivity index (χ4v) is 1.69. The number of nitrogens with one attached hydrogen (secondary N) is 2. The first-order chi connectivity index (χ1) is 11.3. The first kappa shape index (κ1) is 19.4. The van der Waals surface area contributed by atoms with Crippen molar-refractivity contribution in [3.63, 3.8) is 0 Å². The van der Waals surface area contributed by atoms with Gasteiger partial charge in [-0.2, -0.15) is 0 Å². The molecule has 1 aromatic carbocycles. The molecule has 0 bridgehead atoms. The number of rotatable bonds is 7. The minimum Gasteiger partial charge on any atom is -0.494 e. The molecule has 0 aliphatic heterocycles. The molecule has 1 aromatic rings. The van der Waals surface area contributed by atoms with Crippen LogP contribution in [-0.4, -0.2) is 38.2 Å². The number of benzene rings is 1. The van der Waals surface area contributed by atoms with E-state index in [1.54, 1.807) is 0 Å². The highest BCUT2D eigenvalue weighted by molar-refractivity contribution is 5.95. The lowest BCUT2D eigenvalue weighted by atomic mass is 10.1. The molecule has 0 aliphatic carbocycles. The Morgan fingerprint density at radius 2 is 1.96 bits per heavy atom. The lowest BCUT2D eigenvalue weighted by molar-refractivity contribution is -0.147. The van der Waals surface area contributed by atoms with Crippen molar-refractivity contribution in [1.82, 2.24) is 10.6 Å². The largest absolute Gasteiger partial charge is 0.494 e. The maximum absolute atomic E-state index is 13.5. The summed E-state index contributed by atoms with van der Waals surface area (Å²) in [6, 6.07) is 3.41. The summed E-state index contributed by atoms with van der Waals surface area (Å²) in [5.41, 5.74) is 0.383. The first-order valence-electron chi connectivity index (χ1n) is 7.37. The maximum atomic E-state index is 13.5. The molecular formula is C16H21FN2O5. The number of imide groups is 1. The third-order valence-electron chi connectivity index (χ3n) is 2.85. The molecule has 0 fully saturated rings. The van der Waals surface area contributed by atoms with Crippen LogP contribution in [0, 0.1) is 11.7 Å². The number of carbonyl (C=O) groups excluding carboxylic acids is 3. The van der Waals surface area contributed by atoms with Crippen molar-refractivity contribution in [2.24, 2.45) is 5.92 Å². The molecule has 0 saturated heterocycles. The summed E-state index contributed by atoms with van der Waals surface area (Å²) >= 11 is 0. The van der Waals surface area contributed by atoms with E-state index < -0.39 is 30.3 Å². The molecule has 132 valence electrons. The van der Waals surface area contributed by atoms with E-state index in [9.17, 15) is 18.8 Å². The number of urea groups is 1. The van der Waals surface area contributed by atoms with E-state index in [1.807, 2.05) is 19.2 Å². The zero-order chi connectivity index (χ0) is 18.1. The summed E-state index contributed by atoms with van der Waals surface area (Å²) in [5.74, 6) is -1.74. The molecule has 0 unspecified atom stereocenters. The lowest BCUT2D eigenvalue weighted by Crippen LogP contribution is -2.42. The van der Waals surface area contributed by atoms with Crippen LogP contribution in [0.3, 0.4) is 0 Å². The van der Waals surface area contributed by atoms with E-state index in [0.29, 0.717) is 12.1 Å². The van der Waals surface area contributed by atoms with Crippen LogP contribution in [0.25, 0.3) is 0 Å². The highest BCUT2D eigenvalue weighted by atomic mass is 19.1. The Kier molecular flexibility index (Phi) is 7.67. The van der Waals surface area contributed by atoms with Crippen LogP contribution in [-0.2, 0) is 20.7 Å². The summed E-state index contributed by atoms with van der Waals surface area (Å²) < 4.78 is 23.0. The summed E-state index contributed by atoms with van der Waals surface area (Å²) in [7, 11) is 1.34. The van der Waals surface area contributed by atoms with Crippen LogP contribution >= 0.6 is 0 Å². The van der Waals surface area contributed by atoms with Gasteiger partial charge >= 0.3 is 12.0 Å². The number of halogens is 1. The average Bonchev–Trinajstić information content (AvgIpc) is 2.51. The quantitative estimate of drug-likeness (QED) is 0.732. The zero-order valence-corrected chi connectivity index (χ0v) is 13.8. The van der Waals surface area contributed by atoms with Crippen LogP contribution in [0.1, 0.15) is 19.4 Å². The van der Waals surface area contributed by atoms with Gasteiger partial charge in [0.25, 0.3) is 5.91 Å². The molecule has 7 nitrogen and oxygen atoms in total. The summed E-state index contributed by atoms with van der Waals surface area (Å²) in [6.45, 7) is 3.65. The Morgan fingerprint density at radius 1 is 1.25 bits per heavy atom. The molecule has 2 N–H and O–H groups in total. The third-order valence-corrected chi connectivity index (χ3v) is 2.85. The molecule has 0 spiro atoms. The zero-order valence-electron chi connectivity index (χ0n) is 13.8. The molecule has 24 heavy (non-hydrogen) atoms. The van der Waals surface area contributed by atoms with Gasteiger partial charge in [0.1, 0.15) is 0 Å². The van der Waals surface area contributed by atoms with Crippen LogP contribution in [0.15, 0.2) is 18.2 Å². The summed E-state index contributed by atoms with van der Waals surface area (Å²) in [5, 5.41) is 4.53. The van der Waals surface area contributed by atoms with Gasteiger partial charge in [-0.3, -0.25) is 14.9 Å². The molecular weight excluding hydrogens is 319 g/mol. The monoisotopic (exact) mass is 340 g/mol. The van der Waals surface area contributed by atoms with Crippen molar-refractivity contribution in [2.45, 2.75) is 20.3 Å². The normalized spacial score (nSPS) is 10.2.